The molecule has 1 aromatic carbocycles. The average Bonchev–Trinajstić information content (AvgIpc) is 2.72. The Kier molecular flexibility index (Phi) is 3.51. The van der Waals surface area contributed by atoms with E-state index in [9.17, 15) is 4.79 Å². The summed E-state index contributed by atoms with van der Waals surface area (Å²) in [6, 6.07) is 9.66. The van der Waals surface area contributed by atoms with Crippen LogP contribution in [0.5, 0.6) is 0 Å². The number of aromatic nitrogens is 2. The third-order valence-electron chi connectivity index (χ3n) is 3.94. The molecule has 3 rings (SSSR count). The molecule has 0 bridgehead atoms. The highest BCUT2D eigenvalue weighted by molar-refractivity contribution is 5.87. The zero-order valence-electron chi connectivity index (χ0n) is 12.3. The molecule has 0 spiro atoms. The summed E-state index contributed by atoms with van der Waals surface area (Å²) < 4.78 is 2.11. The molecule has 1 aromatic heterocycles. The van der Waals surface area contributed by atoms with Crippen LogP contribution in [0, 0.1) is 13.8 Å². The van der Waals surface area contributed by atoms with Crippen molar-refractivity contribution in [3.05, 3.63) is 52.8 Å². The summed E-state index contributed by atoms with van der Waals surface area (Å²) in [5.74, 6) is -0.880. The van der Waals surface area contributed by atoms with Crippen molar-refractivity contribution in [1.29, 1.82) is 0 Å². The van der Waals surface area contributed by atoms with Crippen molar-refractivity contribution in [3.8, 4) is 0 Å². The number of hydrogen-bond donors (Lipinski definition) is 1. The molecule has 0 saturated carbocycles. The molecule has 1 N–H and O–H groups in total. The largest absolute Gasteiger partial charge is 0.478 e. The number of carbonyl (C=O) groups is 1. The van der Waals surface area contributed by atoms with Crippen molar-refractivity contribution >= 4 is 5.97 Å². The van der Waals surface area contributed by atoms with Crippen LogP contribution >= 0.6 is 0 Å². The summed E-state index contributed by atoms with van der Waals surface area (Å²) in [6.07, 6.45) is 0. The summed E-state index contributed by atoms with van der Waals surface area (Å²) in [5, 5.41) is 13.4. The summed E-state index contributed by atoms with van der Waals surface area (Å²) in [6.45, 7) is 6.94. The van der Waals surface area contributed by atoms with Crippen molar-refractivity contribution in [3.63, 3.8) is 0 Å². The second-order valence-electron chi connectivity index (χ2n) is 5.72. The van der Waals surface area contributed by atoms with Crippen LogP contribution < -0.4 is 0 Å². The van der Waals surface area contributed by atoms with Crippen LogP contribution in [0.1, 0.15) is 33.4 Å². The molecule has 1 aliphatic heterocycles. The first-order valence-corrected chi connectivity index (χ1v) is 7.10. The number of carboxylic acid groups (broad SMARTS) is 1. The molecule has 1 aliphatic rings. The molecule has 2 heterocycles. The highest BCUT2D eigenvalue weighted by Gasteiger charge is 2.29. The third-order valence-corrected chi connectivity index (χ3v) is 3.94. The monoisotopic (exact) mass is 285 g/mol. The summed E-state index contributed by atoms with van der Waals surface area (Å²) in [4.78, 5) is 13.2. The standard InChI is InChI=1S/C16H19N3O2/c1-11-7-12(2)19(17-11)15-9-18(10-15)8-13-3-5-14(6-4-13)16(20)21/h3-7,15H,8-10H2,1-2H3,(H,20,21). The van der Waals surface area contributed by atoms with E-state index in [2.05, 4.69) is 27.7 Å². The summed E-state index contributed by atoms with van der Waals surface area (Å²) in [7, 11) is 0. The zero-order chi connectivity index (χ0) is 15.0. The molecule has 0 radical (unpaired) electrons. The quantitative estimate of drug-likeness (QED) is 0.936. The minimum absolute atomic E-state index is 0.336. The lowest BCUT2D eigenvalue weighted by Crippen LogP contribution is -2.47. The molecular formula is C16H19N3O2. The van der Waals surface area contributed by atoms with Crippen molar-refractivity contribution in [2.45, 2.75) is 26.4 Å². The van der Waals surface area contributed by atoms with Gasteiger partial charge in [0.25, 0.3) is 0 Å². The minimum atomic E-state index is -0.880. The van der Waals surface area contributed by atoms with Gasteiger partial charge in [-0.1, -0.05) is 12.1 Å². The topological polar surface area (TPSA) is 58.4 Å². The van der Waals surface area contributed by atoms with Crippen LogP contribution in [-0.4, -0.2) is 38.8 Å². The molecule has 1 fully saturated rings. The van der Waals surface area contributed by atoms with Gasteiger partial charge in [-0.15, -0.1) is 0 Å². The molecule has 1 saturated heterocycles. The van der Waals surface area contributed by atoms with E-state index in [1.807, 2.05) is 19.1 Å². The van der Waals surface area contributed by atoms with Crippen LogP contribution in [0.2, 0.25) is 0 Å². The van der Waals surface area contributed by atoms with Gasteiger partial charge in [-0.05, 0) is 37.6 Å². The van der Waals surface area contributed by atoms with E-state index in [4.69, 9.17) is 5.11 Å². The van der Waals surface area contributed by atoms with Gasteiger partial charge < -0.3 is 5.11 Å². The SMILES string of the molecule is Cc1cc(C)n(C2CN(Cc3ccc(C(=O)O)cc3)C2)n1. The van der Waals surface area contributed by atoms with Crippen LogP contribution in [0.15, 0.2) is 30.3 Å². The van der Waals surface area contributed by atoms with Gasteiger partial charge in [0, 0.05) is 25.3 Å². The Balaban J connectivity index is 1.57. The van der Waals surface area contributed by atoms with Crippen LogP contribution in [0.4, 0.5) is 0 Å². The van der Waals surface area contributed by atoms with Crippen LogP contribution in [0.25, 0.3) is 0 Å². The number of likely N-dealkylation sites (tertiary alicyclic amines) is 1. The van der Waals surface area contributed by atoms with Gasteiger partial charge in [0.15, 0.2) is 0 Å². The predicted molar refractivity (Wildman–Crippen MR) is 79.4 cm³/mol. The number of nitrogens with zero attached hydrogens (tertiary/aromatic N) is 3. The molecule has 5 heteroatoms. The first-order valence-electron chi connectivity index (χ1n) is 7.10. The maximum absolute atomic E-state index is 10.8. The lowest BCUT2D eigenvalue weighted by molar-refractivity contribution is 0.0696. The third kappa shape index (κ3) is 2.83. The van der Waals surface area contributed by atoms with E-state index < -0.39 is 5.97 Å². The molecule has 21 heavy (non-hydrogen) atoms. The van der Waals surface area contributed by atoms with E-state index in [0.717, 1.165) is 30.9 Å². The highest BCUT2D eigenvalue weighted by atomic mass is 16.4. The van der Waals surface area contributed by atoms with E-state index in [-0.39, 0.29) is 0 Å². The van der Waals surface area contributed by atoms with Gasteiger partial charge in [0.05, 0.1) is 17.3 Å². The Morgan fingerprint density at radius 1 is 1.29 bits per heavy atom. The van der Waals surface area contributed by atoms with Crippen molar-refractivity contribution in [1.82, 2.24) is 14.7 Å². The Hall–Kier alpha value is -2.14. The maximum Gasteiger partial charge on any atom is 0.335 e. The van der Waals surface area contributed by atoms with Gasteiger partial charge in [-0.2, -0.15) is 5.10 Å². The molecule has 0 amide bonds. The van der Waals surface area contributed by atoms with Gasteiger partial charge in [0.2, 0.25) is 0 Å². The Labute approximate surface area is 123 Å². The normalized spacial score (nSPS) is 15.9. The Morgan fingerprint density at radius 2 is 1.95 bits per heavy atom. The number of benzene rings is 1. The number of hydrogen-bond acceptors (Lipinski definition) is 3. The van der Waals surface area contributed by atoms with Crippen LogP contribution in [-0.2, 0) is 6.54 Å². The average molecular weight is 285 g/mol. The zero-order valence-corrected chi connectivity index (χ0v) is 12.3. The van der Waals surface area contributed by atoms with Gasteiger partial charge in [-0.25, -0.2) is 4.79 Å². The molecule has 0 unspecified atom stereocenters. The number of aryl methyl sites for hydroxylation is 2. The molecule has 0 aliphatic carbocycles. The second-order valence-corrected chi connectivity index (χ2v) is 5.72. The van der Waals surface area contributed by atoms with E-state index in [1.165, 1.54) is 5.69 Å². The van der Waals surface area contributed by atoms with E-state index >= 15 is 0 Å². The number of rotatable bonds is 4. The lowest BCUT2D eigenvalue weighted by Gasteiger charge is -2.39. The first kappa shape index (κ1) is 13.8. The molecule has 5 nitrogen and oxygen atoms in total. The lowest BCUT2D eigenvalue weighted by atomic mass is 10.1. The maximum atomic E-state index is 10.8. The van der Waals surface area contributed by atoms with E-state index in [0.29, 0.717) is 11.6 Å². The van der Waals surface area contributed by atoms with E-state index in [1.54, 1.807) is 12.1 Å². The van der Waals surface area contributed by atoms with Crippen molar-refractivity contribution < 1.29 is 9.90 Å². The number of carboxylic acids is 1. The molecular weight excluding hydrogens is 266 g/mol. The fourth-order valence-electron chi connectivity index (χ4n) is 2.85. The smallest absolute Gasteiger partial charge is 0.335 e. The minimum Gasteiger partial charge on any atom is -0.478 e. The van der Waals surface area contributed by atoms with Gasteiger partial charge in [-0.3, -0.25) is 9.58 Å². The van der Waals surface area contributed by atoms with Crippen molar-refractivity contribution in [2.24, 2.45) is 0 Å². The second kappa shape index (κ2) is 5.33. The Morgan fingerprint density at radius 3 is 2.48 bits per heavy atom. The summed E-state index contributed by atoms with van der Waals surface area (Å²) >= 11 is 0. The number of aromatic carboxylic acids is 1. The molecule has 2 aromatic rings. The summed E-state index contributed by atoms with van der Waals surface area (Å²) in [5.41, 5.74) is 3.76. The van der Waals surface area contributed by atoms with Crippen molar-refractivity contribution in [2.75, 3.05) is 13.1 Å². The molecule has 0 atom stereocenters. The van der Waals surface area contributed by atoms with Gasteiger partial charge in [0.1, 0.15) is 0 Å². The van der Waals surface area contributed by atoms with Gasteiger partial charge >= 0.3 is 5.97 Å². The fourth-order valence-corrected chi connectivity index (χ4v) is 2.85. The molecule has 110 valence electrons. The fraction of sp³-hybridized carbons (Fsp3) is 0.375. The predicted octanol–water partition coefficient (Wildman–Crippen LogP) is 2.26. The highest BCUT2D eigenvalue weighted by Crippen LogP contribution is 2.24. The Bertz CT molecular complexity index is 655. The first-order chi connectivity index (χ1) is 10.0. The van der Waals surface area contributed by atoms with Crippen LogP contribution in [0.3, 0.4) is 0 Å².